The largest absolute Gasteiger partial charge is 0.480 e. The molecule has 0 rings (SSSR count). The van der Waals surface area contributed by atoms with Crippen LogP contribution in [0.15, 0.2) is 0 Å². The van der Waals surface area contributed by atoms with Crippen LogP contribution in [0.3, 0.4) is 0 Å². The number of nitrogens with two attached hydrogens (primary N) is 1. The quantitative estimate of drug-likeness (QED) is 0.642. The van der Waals surface area contributed by atoms with Crippen LogP contribution in [0.4, 0.5) is 4.79 Å². The molecule has 4 N–H and O–H groups in total. The van der Waals surface area contributed by atoms with Crippen LogP contribution in [-0.2, 0) is 9.59 Å². The number of nitrogens with zero attached hydrogens (tertiary/aromatic N) is 1. The molecule has 0 aromatic rings. The molecule has 0 bridgehead atoms. The van der Waals surface area contributed by atoms with Crippen molar-refractivity contribution in [3.63, 3.8) is 0 Å². The Morgan fingerprint density at radius 1 is 1.30 bits per heavy atom. The van der Waals surface area contributed by atoms with Crippen molar-refractivity contribution in [3.8, 4) is 0 Å². The molecule has 0 radical (unpaired) electrons. The van der Waals surface area contributed by atoms with Gasteiger partial charge in [0.25, 0.3) is 0 Å². The van der Waals surface area contributed by atoms with Gasteiger partial charge >= 0.3 is 12.0 Å². The van der Waals surface area contributed by atoms with Crippen LogP contribution in [0.2, 0.25) is 0 Å². The average molecular weight is 287 g/mol. The number of hydrogen-bond donors (Lipinski definition) is 3. The van der Waals surface area contributed by atoms with Crippen LogP contribution < -0.4 is 11.1 Å². The van der Waals surface area contributed by atoms with Gasteiger partial charge in [-0.05, 0) is 33.1 Å². The van der Waals surface area contributed by atoms with Crippen molar-refractivity contribution in [1.82, 2.24) is 10.2 Å². The smallest absolute Gasteiger partial charge is 0.329 e. The van der Waals surface area contributed by atoms with Gasteiger partial charge in [-0.15, -0.1) is 0 Å². The fourth-order valence-corrected chi connectivity index (χ4v) is 1.99. The SMILES string of the molecule is CCN(C(=O)C(CC(C)C)NC(N)=O)C(C)(C)C(=O)O. The van der Waals surface area contributed by atoms with Crippen LogP contribution in [0.25, 0.3) is 0 Å². The molecule has 3 amide bonds. The van der Waals surface area contributed by atoms with Gasteiger partial charge in [0.2, 0.25) is 5.91 Å². The third-order valence-electron chi connectivity index (χ3n) is 3.10. The number of likely N-dealkylation sites (N-methyl/N-ethyl adjacent to an activating group) is 1. The fourth-order valence-electron chi connectivity index (χ4n) is 1.99. The highest BCUT2D eigenvalue weighted by Crippen LogP contribution is 2.18. The summed E-state index contributed by atoms with van der Waals surface area (Å²) in [6.45, 7) is 8.64. The molecule has 0 saturated heterocycles. The second kappa shape index (κ2) is 7.12. The third kappa shape index (κ3) is 4.71. The first kappa shape index (κ1) is 18.2. The molecular weight excluding hydrogens is 262 g/mol. The molecule has 0 aromatic carbocycles. The highest BCUT2D eigenvalue weighted by atomic mass is 16.4. The maximum atomic E-state index is 12.5. The van der Waals surface area contributed by atoms with E-state index in [-0.39, 0.29) is 12.5 Å². The van der Waals surface area contributed by atoms with Gasteiger partial charge in [0, 0.05) is 6.54 Å². The number of primary amides is 1. The topological polar surface area (TPSA) is 113 Å². The summed E-state index contributed by atoms with van der Waals surface area (Å²) in [5.41, 5.74) is 3.73. The first-order valence-electron chi connectivity index (χ1n) is 6.64. The predicted octanol–water partition coefficient (Wildman–Crippen LogP) is 0.781. The van der Waals surface area contributed by atoms with E-state index >= 15 is 0 Å². The second-order valence-corrected chi connectivity index (χ2v) is 5.64. The molecule has 7 heteroatoms. The van der Waals surface area contributed by atoms with Crippen LogP contribution in [0.5, 0.6) is 0 Å². The first-order chi connectivity index (χ1) is 9.03. The summed E-state index contributed by atoms with van der Waals surface area (Å²) >= 11 is 0. The maximum absolute atomic E-state index is 12.5. The number of carbonyl (C=O) groups excluding carboxylic acids is 2. The molecular formula is C13H25N3O4. The van der Waals surface area contributed by atoms with Crippen LogP contribution in [0.1, 0.15) is 41.0 Å². The first-order valence-corrected chi connectivity index (χ1v) is 6.64. The van der Waals surface area contributed by atoms with Gasteiger partial charge in [-0.25, -0.2) is 9.59 Å². The number of aliphatic carboxylic acids is 1. The van der Waals surface area contributed by atoms with Crippen LogP contribution in [-0.4, -0.2) is 46.0 Å². The Kier molecular flexibility index (Phi) is 6.48. The van der Waals surface area contributed by atoms with Crippen LogP contribution in [0, 0.1) is 5.92 Å². The van der Waals surface area contributed by atoms with E-state index in [1.165, 1.54) is 18.7 Å². The maximum Gasteiger partial charge on any atom is 0.329 e. The molecule has 7 nitrogen and oxygen atoms in total. The van der Waals surface area contributed by atoms with Gasteiger partial charge in [-0.1, -0.05) is 13.8 Å². The van der Waals surface area contributed by atoms with Gasteiger partial charge in [0.1, 0.15) is 11.6 Å². The minimum Gasteiger partial charge on any atom is -0.480 e. The number of carbonyl (C=O) groups is 3. The van der Waals surface area contributed by atoms with Gasteiger partial charge < -0.3 is 21.1 Å². The van der Waals surface area contributed by atoms with E-state index in [0.29, 0.717) is 6.42 Å². The van der Waals surface area contributed by atoms with Gasteiger partial charge in [0.15, 0.2) is 0 Å². The highest BCUT2D eigenvalue weighted by molar-refractivity contribution is 5.91. The summed E-state index contributed by atoms with van der Waals surface area (Å²) in [4.78, 5) is 36.0. The van der Waals surface area contributed by atoms with Gasteiger partial charge in [-0.3, -0.25) is 4.79 Å². The Balaban J connectivity index is 5.28. The van der Waals surface area contributed by atoms with Crippen LogP contribution >= 0.6 is 0 Å². The molecule has 1 unspecified atom stereocenters. The Hall–Kier alpha value is -1.79. The van der Waals surface area contributed by atoms with Crippen molar-refractivity contribution >= 4 is 17.9 Å². The predicted molar refractivity (Wildman–Crippen MR) is 75.1 cm³/mol. The summed E-state index contributed by atoms with van der Waals surface area (Å²) in [7, 11) is 0. The van der Waals surface area contributed by atoms with E-state index in [1.54, 1.807) is 6.92 Å². The van der Waals surface area contributed by atoms with Gasteiger partial charge in [-0.2, -0.15) is 0 Å². The van der Waals surface area contributed by atoms with E-state index in [9.17, 15) is 19.5 Å². The zero-order valence-electron chi connectivity index (χ0n) is 12.8. The van der Waals surface area contributed by atoms with Crippen molar-refractivity contribution in [2.75, 3.05) is 6.54 Å². The second-order valence-electron chi connectivity index (χ2n) is 5.64. The van der Waals surface area contributed by atoms with Crippen molar-refractivity contribution < 1.29 is 19.5 Å². The lowest BCUT2D eigenvalue weighted by Gasteiger charge is -2.37. The summed E-state index contributed by atoms with van der Waals surface area (Å²) in [5, 5.41) is 11.6. The third-order valence-corrected chi connectivity index (χ3v) is 3.10. The van der Waals surface area contributed by atoms with Crippen molar-refractivity contribution in [2.45, 2.75) is 52.6 Å². The Morgan fingerprint density at radius 2 is 1.80 bits per heavy atom. The number of hydrogen-bond acceptors (Lipinski definition) is 3. The monoisotopic (exact) mass is 287 g/mol. The minimum atomic E-state index is -1.35. The van der Waals surface area contributed by atoms with Crippen molar-refractivity contribution in [3.05, 3.63) is 0 Å². The molecule has 0 aliphatic carbocycles. The number of rotatable bonds is 7. The van der Waals surface area contributed by atoms with Crippen molar-refractivity contribution in [1.29, 1.82) is 0 Å². The summed E-state index contributed by atoms with van der Waals surface area (Å²) in [5.74, 6) is -1.38. The molecule has 116 valence electrons. The lowest BCUT2D eigenvalue weighted by atomic mass is 9.98. The fraction of sp³-hybridized carbons (Fsp3) is 0.769. The molecule has 0 aliphatic rings. The molecule has 0 saturated carbocycles. The highest BCUT2D eigenvalue weighted by Gasteiger charge is 2.39. The molecule has 20 heavy (non-hydrogen) atoms. The number of urea groups is 1. The zero-order chi connectivity index (χ0) is 16.1. The molecule has 0 fully saturated rings. The standard InChI is InChI=1S/C13H25N3O4/c1-6-16(13(4,5)11(18)19)10(17)9(7-8(2)3)15-12(14)20/h8-9H,6-7H2,1-5H3,(H,18,19)(H3,14,15,20). The van der Waals surface area contributed by atoms with E-state index in [1.807, 2.05) is 13.8 Å². The zero-order valence-corrected chi connectivity index (χ0v) is 12.8. The summed E-state index contributed by atoms with van der Waals surface area (Å²) in [6.07, 6.45) is 0.397. The summed E-state index contributed by atoms with van der Waals surface area (Å²) < 4.78 is 0. The lowest BCUT2D eigenvalue weighted by Crippen LogP contribution is -2.59. The van der Waals surface area contributed by atoms with E-state index in [4.69, 9.17) is 5.73 Å². The van der Waals surface area contributed by atoms with Crippen molar-refractivity contribution in [2.24, 2.45) is 11.7 Å². The van der Waals surface area contributed by atoms with E-state index in [2.05, 4.69) is 5.32 Å². The Bertz CT molecular complexity index is 380. The minimum absolute atomic E-state index is 0.155. The molecule has 0 aromatic heterocycles. The number of nitrogens with one attached hydrogen (secondary N) is 1. The van der Waals surface area contributed by atoms with Gasteiger partial charge in [0.05, 0.1) is 0 Å². The summed E-state index contributed by atoms with van der Waals surface area (Å²) in [6, 6.07) is -1.61. The molecule has 0 aliphatic heterocycles. The molecule has 1 atom stereocenters. The average Bonchev–Trinajstić information content (AvgIpc) is 2.26. The van der Waals surface area contributed by atoms with E-state index < -0.39 is 29.5 Å². The number of carboxylic acids is 1. The number of carboxylic acid groups (broad SMARTS) is 1. The molecule has 0 spiro atoms. The normalized spacial score (nSPS) is 12.9. The number of amides is 3. The Morgan fingerprint density at radius 3 is 2.10 bits per heavy atom. The lowest BCUT2D eigenvalue weighted by molar-refractivity contribution is -0.157. The molecule has 0 heterocycles. The van der Waals surface area contributed by atoms with E-state index in [0.717, 1.165) is 0 Å². The Labute approximate surface area is 119 Å².